The minimum absolute atomic E-state index is 0.00695. The molecule has 7 nitrogen and oxygen atoms in total. The van der Waals surface area contributed by atoms with Crippen molar-refractivity contribution in [3.8, 4) is 0 Å². The minimum Gasteiger partial charge on any atom is -0.476 e. The number of thiazole rings is 1. The summed E-state index contributed by atoms with van der Waals surface area (Å²) in [5.74, 6) is -1.10. The summed E-state index contributed by atoms with van der Waals surface area (Å²) in [7, 11) is 0. The van der Waals surface area contributed by atoms with Gasteiger partial charge in [-0.2, -0.15) is 0 Å². The third-order valence-corrected chi connectivity index (χ3v) is 4.14. The Labute approximate surface area is 136 Å². The number of hydrogen-bond donors (Lipinski definition) is 1. The second-order valence-corrected chi connectivity index (χ2v) is 5.98. The second kappa shape index (κ2) is 6.25. The van der Waals surface area contributed by atoms with Crippen molar-refractivity contribution in [2.24, 2.45) is 0 Å². The van der Waals surface area contributed by atoms with Crippen LogP contribution in [0.5, 0.6) is 0 Å². The Bertz CT molecular complexity index is 765. The molecule has 1 aliphatic carbocycles. The molecule has 118 valence electrons. The van der Waals surface area contributed by atoms with Crippen LogP contribution in [0.1, 0.15) is 41.6 Å². The number of carbonyl (C=O) groups is 2. The van der Waals surface area contributed by atoms with Crippen molar-refractivity contribution in [3.63, 3.8) is 0 Å². The Morgan fingerprint density at radius 1 is 1.26 bits per heavy atom. The Balaban J connectivity index is 1.73. The Hall–Kier alpha value is -2.61. The standard InChI is InChI=1S/C15H14N4O3S/c1-9(20)19(12-4-5-12)15-18-11(8-23-15)3-2-10-6-17-13(7-16-10)14(21)22/h2-3,6-8,12H,4-5H2,1H3,(H,21,22). The highest BCUT2D eigenvalue weighted by Gasteiger charge is 2.33. The van der Waals surface area contributed by atoms with Gasteiger partial charge in [0.15, 0.2) is 10.8 Å². The zero-order valence-electron chi connectivity index (χ0n) is 12.3. The van der Waals surface area contributed by atoms with Gasteiger partial charge in [-0.1, -0.05) is 0 Å². The first-order chi connectivity index (χ1) is 11.0. The lowest BCUT2D eigenvalue weighted by Crippen LogP contribution is -2.30. The molecular weight excluding hydrogens is 316 g/mol. The zero-order valence-corrected chi connectivity index (χ0v) is 13.2. The molecule has 3 rings (SSSR count). The van der Waals surface area contributed by atoms with Crippen molar-refractivity contribution in [2.75, 3.05) is 4.90 Å². The highest BCUT2D eigenvalue weighted by Crippen LogP contribution is 2.33. The van der Waals surface area contributed by atoms with Crippen molar-refractivity contribution in [1.82, 2.24) is 15.0 Å². The van der Waals surface area contributed by atoms with Gasteiger partial charge in [0, 0.05) is 18.3 Å². The molecule has 1 fully saturated rings. The fourth-order valence-corrected chi connectivity index (χ4v) is 2.96. The number of rotatable bonds is 5. The van der Waals surface area contributed by atoms with E-state index in [1.54, 1.807) is 24.0 Å². The van der Waals surface area contributed by atoms with Crippen LogP contribution in [0.2, 0.25) is 0 Å². The molecule has 0 unspecified atom stereocenters. The summed E-state index contributed by atoms with van der Waals surface area (Å²) >= 11 is 1.42. The number of nitrogens with zero attached hydrogens (tertiary/aromatic N) is 4. The van der Waals surface area contributed by atoms with Crippen LogP contribution >= 0.6 is 11.3 Å². The minimum atomic E-state index is -1.11. The summed E-state index contributed by atoms with van der Waals surface area (Å²) in [5.41, 5.74) is 1.16. The molecule has 0 saturated heterocycles. The predicted octanol–water partition coefficient (Wildman–Crippen LogP) is 2.32. The number of hydrogen-bond acceptors (Lipinski definition) is 6. The number of aromatic nitrogens is 3. The van der Waals surface area contributed by atoms with E-state index in [2.05, 4.69) is 15.0 Å². The van der Waals surface area contributed by atoms with Crippen LogP contribution in [0.4, 0.5) is 5.13 Å². The largest absolute Gasteiger partial charge is 0.476 e. The number of anilines is 1. The number of amides is 1. The molecular formula is C15H14N4O3S. The van der Waals surface area contributed by atoms with E-state index in [-0.39, 0.29) is 17.6 Å². The quantitative estimate of drug-likeness (QED) is 0.903. The van der Waals surface area contributed by atoms with E-state index < -0.39 is 5.97 Å². The lowest BCUT2D eigenvalue weighted by atomic mass is 10.3. The first-order valence-electron chi connectivity index (χ1n) is 7.03. The lowest BCUT2D eigenvalue weighted by Gasteiger charge is -2.16. The zero-order chi connectivity index (χ0) is 16.4. The molecule has 1 amide bonds. The fraction of sp³-hybridized carbons (Fsp3) is 0.267. The summed E-state index contributed by atoms with van der Waals surface area (Å²) in [6, 6.07) is 0.282. The first kappa shape index (κ1) is 15.3. The van der Waals surface area contributed by atoms with Crippen molar-refractivity contribution < 1.29 is 14.7 Å². The number of carbonyl (C=O) groups excluding carboxylic acids is 1. The third kappa shape index (κ3) is 3.59. The van der Waals surface area contributed by atoms with E-state index in [0.29, 0.717) is 10.8 Å². The summed E-state index contributed by atoms with van der Waals surface area (Å²) in [4.78, 5) is 36.4. The Kier molecular flexibility index (Phi) is 4.16. The summed E-state index contributed by atoms with van der Waals surface area (Å²) in [6.45, 7) is 1.55. The molecule has 23 heavy (non-hydrogen) atoms. The molecule has 1 N–H and O–H groups in total. The summed E-state index contributed by atoms with van der Waals surface area (Å²) < 4.78 is 0. The highest BCUT2D eigenvalue weighted by molar-refractivity contribution is 7.14. The molecule has 0 aromatic carbocycles. The number of carboxylic acid groups (broad SMARTS) is 1. The molecule has 0 radical (unpaired) electrons. The SMILES string of the molecule is CC(=O)N(c1nc(C=Cc2cnc(C(=O)O)cn2)cs1)C1CC1. The van der Waals surface area contributed by atoms with Crippen LogP contribution in [-0.2, 0) is 4.79 Å². The van der Waals surface area contributed by atoms with Crippen molar-refractivity contribution in [1.29, 1.82) is 0 Å². The maximum atomic E-state index is 11.7. The molecule has 0 spiro atoms. The summed E-state index contributed by atoms with van der Waals surface area (Å²) in [5, 5.41) is 11.3. The number of carboxylic acids is 1. The predicted molar refractivity (Wildman–Crippen MR) is 86.2 cm³/mol. The van der Waals surface area contributed by atoms with E-state index in [9.17, 15) is 9.59 Å². The van der Waals surface area contributed by atoms with Gasteiger partial charge in [-0.15, -0.1) is 11.3 Å². The van der Waals surface area contributed by atoms with Crippen LogP contribution in [0.25, 0.3) is 12.2 Å². The Morgan fingerprint density at radius 3 is 2.57 bits per heavy atom. The van der Waals surface area contributed by atoms with Gasteiger partial charge in [-0.25, -0.2) is 14.8 Å². The van der Waals surface area contributed by atoms with Gasteiger partial charge in [-0.05, 0) is 25.0 Å². The van der Waals surface area contributed by atoms with E-state index in [0.717, 1.165) is 18.5 Å². The van der Waals surface area contributed by atoms with Crippen LogP contribution in [-0.4, -0.2) is 38.0 Å². The van der Waals surface area contributed by atoms with Gasteiger partial charge in [0.05, 0.1) is 23.8 Å². The van der Waals surface area contributed by atoms with Crippen LogP contribution in [0.3, 0.4) is 0 Å². The van der Waals surface area contributed by atoms with Crippen LogP contribution in [0.15, 0.2) is 17.8 Å². The van der Waals surface area contributed by atoms with Gasteiger partial charge in [0.25, 0.3) is 0 Å². The van der Waals surface area contributed by atoms with Gasteiger partial charge < -0.3 is 5.11 Å². The van der Waals surface area contributed by atoms with E-state index in [1.807, 2.05) is 5.38 Å². The monoisotopic (exact) mass is 330 g/mol. The molecule has 0 aliphatic heterocycles. The molecule has 1 aliphatic rings. The van der Waals surface area contributed by atoms with E-state index in [1.165, 1.54) is 23.7 Å². The van der Waals surface area contributed by atoms with Crippen LogP contribution in [0, 0.1) is 0 Å². The average Bonchev–Trinajstić information content (AvgIpc) is 3.23. The molecule has 1 saturated carbocycles. The summed E-state index contributed by atoms with van der Waals surface area (Å²) in [6.07, 6.45) is 8.10. The van der Waals surface area contributed by atoms with E-state index in [4.69, 9.17) is 5.11 Å². The maximum Gasteiger partial charge on any atom is 0.356 e. The molecule has 2 aromatic rings. The molecule has 2 heterocycles. The number of aromatic carboxylic acids is 1. The molecule has 8 heteroatoms. The van der Waals surface area contributed by atoms with Gasteiger partial charge >= 0.3 is 5.97 Å². The van der Waals surface area contributed by atoms with E-state index >= 15 is 0 Å². The average molecular weight is 330 g/mol. The van der Waals surface area contributed by atoms with Crippen LogP contribution < -0.4 is 4.90 Å². The molecule has 2 aromatic heterocycles. The third-order valence-electron chi connectivity index (χ3n) is 3.28. The fourth-order valence-electron chi connectivity index (χ4n) is 2.05. The van der Waals surface area contributed by atoms with Crippen molar-refractivity contribution >= 4 is 40.5 Å². The van der Waals surface area contributed by atoms with Crippen molar-refractivity contribution in [2.45, 2.75) is 25.8 Å². The maximum absolute atomic E-state index is 11.7. The normalized spacial score (nSPS) is 14.1. The molecule has 0 atom stereocenters. The highest BCUT2D eigenvalue weighted by atomic mass is 32.1. The first-order valence-corrected chi connectivity index (χ1v) is 7.91. The lowest BCUT2D eigenvalue weighted by molar-refractivity contribution is -0.116. The smallest absolute Gasteiger partial charge is 0.356 e. The van der Waals surface area contributed by atoms with Gasteiger partial charge in [0.2, 0.25) is 5.91 Å². The molecule has 0 bridgehead atoms. The topological polar surface area (TPSA) is 96.3 Å². The van der Waals surface area contributed by atoms with Gasteiger partial charge in [0.1, 0.15) is 0 Å². The Morgan fingerprint density at radius 2 is 2.00 bits per heavy atom. The van der Waals surface area contributed by atoms with Crippen molar-refractivity contribution in [3.05, 3.63) is 34.9 Å². The second-order valence-electron chi connectivity index (χ2n) is 5.14. The van der Waals surface area contributed by atoms with Gasteiger partial charge in [-0.3, -0.25) is 14.7 Å².